The van der Waals surface area contributed by atoms with Crippen LogP contribution in [0.4, 0.5) is 10.1 Å². The Morgan fingerprint density at radius 1 is 1.46 bits per heavy atom. The van der Waals surface area contributed by atoms with Crippen LogP contribution in [0.1, 0.15) is 13.8 Å². The van der Waals surface area contributed by atoms with Gasteiger partial charge in [0.2, 0.25) is 0 Å². The second-order valence-electron chi connectivity index (χ2n) is 3.36. The number of rotatable bonds is 3. The third-order valence-electron chi connectivity index (χ3n) is 1.59. The molecule has 2 N–H and O–H groups in total. The lowest BCUT2D eigenvalue weighted by Gasteiger charge is -2.10. The van der Waals surface area contributed by atoms with Gasteiger partial charge < -0.3 is 10.5 Å². The number of benzene rings is 1. The van der Waals surface area contributed by atoms with Gasteiger partial charge in [-0.3, -0.25) is 0 Å². The van der Waals surface area contributed by atoms with Crippen molar-refractivity contribution in [2.24, 2.45) is 5.92 Å². The molecule has 3 heteroatoms. The van der Waals surface area contributed by atoms with E-state index in [4.69, 9.17) is 10.5 Å². The van der Waals surface area contributed by atoms with E-state index in [1.807, 2.05) is 13.8 Å². The molecule has 1 aromatic carbocycles. The summed E-state index contributed by atoms with van der Waals surface area (Å²) in [4.78, 5) is 0. The van der Waals surface area contributed by atoms with Crippen molar-refractivity contribution in [2.75, 3.05) is 12.3 Å². The van der Waals surface area contributed by atoms with Crippen LogP contribution < -0.4 is 10.5 Å². The highest BCUT2D eigenvalue weighted by molar-refractivity contribution is 5.53. The molecule has 0 heterocycles. The first-order chi connectivity index (χ1) is 6.11. The minimum absolute atomic E-state index is 0.0863. The van der Waals surface area contributed by atoms with Gasteiger partial charge in [-0.05, 0) is 18.1 Å². The van der Waals surface area contributed by atoms with E-state index in [9.17, 15) is 4.39 Å². The Kier molecular flexibility index (Phi) is 3.12. The minimum Gasteiger partial charge on any atom is -0.491 e. The normalized spacial score (nSPS) is 10.5. The van der Waals surface area contributed by atoms with Crippen LogP contribution in [0.3, 0.4) is 0 Å². The summed E-state index contributed by atoms with van der Waals surface area (Å²) in [5.41, 5.74) is 5.56. The second-order valence-corrected chi connectivity index (χ2v) is 3.36. The molecule has 0 bridgehead atoms. The quantitative estimate of drug-likeness (QED) is 0.730. The molecule has 0 amide bonds. The summed E-state index contributed by atoms with van der Waals surface area (Å²) in [6, 6.07) is 4.57. The average molecular weight is 183 g/mol. The molecule has 1 aromatic rings. The topological polar surface area (TPSA) is 35.2 Å². The SMILES string of the molecule is CC(C)COc1cccc(F)c1N. The number of nitrogens with two attached hydrogens (primary N) is 1. The summed E-state index contributed by atoms with van der Waals surface area (Å²) in [5, 5.41) is 0. The number of nitrogen functional groups attached to an aromatic ring is 1. The maximum atomic E-state index is 12.9. The average Bonchev–Trinajstić information content (AvgIpc) is 2.07. The maximum absolute atomic E-state index is 12.9. The van der Waals surface area contributed by atoms with E-state index in [-0.39, 0.29) is 5.69 Å². The van der Waals surface area contributed by atoms with Crippen LogP contribution in [0.2, 0.25) is 0 Å². The molecule has 0 unspecified atom stereocenters. The number of ether oxygens (including phenoxy) is 1. The fourth-order valence-electron chi connectivity index (χ4n) is 0.900. The van der Waals surface area contributed by atoms with Crippen LogP contribution in [-0.2, 0) is 0 Å². The van der Waals surface area contributed by atoms with E-state index in [0.717, 1.165) is 0 Å². The van der Waals surface area contributed by atoms with E-state index in [2.05, 4.69) is 0 Å². The molecule has 0 fully saturated rings. The summed E-state index contributed by atoms with van der Waals surface area (Å²) < 4.78 is 18.2. The van der Waals surface area contributed by atoms with Crippen molar-refractivity contribution in [3.8, 4) is 5.75 Å². The largest absolute Gasteiger partial charge is 0.491 e. The molecule has 0 aliphatic carbocycles. The Labute approximate surface area is 77.5 Å². The van der Waals surface area contributed by atoms with E-state index < -0.39 is 5.82 Å². The van der Waals surface area contributed by atoms with Crippen molar-refractivity contribution in [2.45, 2.75) is 13.8 Å². The third-order valence-corrected chi connectivity index (χ3v) is 1.59. The van der Waals surface area contributed by atoms with Crippen molar-refractivity contribution in [1.82, 2.24) is 0 Å². The highest BCUT2D eigenvalue weighted by Crippen LogP contribution is 2.23. The number of hydrogen-bond donors (Lipinski definition) is 1. The van der Waals surface area contributed by atoms with Gasteiger partial charge >= 0.3 is 0 Å². The van der Waals surface area contributed by atoms with Crippen LogP contribution in [0.25, 0.3) is 0 Å². The first-order valence-corrected chi connectivity index (χ1v) is 4.28. The van der Waals surface area contributed by atoms with Gasteiger partial charge in [0, 0.05) is 0 Å². The van der Waals surface area contributed by atoms with E-state index in [1.165, 1.54) is 6.07 Å². The van der Waals surface area contributed by atoms with Crippen LogP contribution in [0.5, 0.6) is 5.75 Å². The van der Waals surface area contributed by atoms with Crippen molar-refractivity contribution < 1.29 is 9.13 Å². The number of anilines is 1. The van der Waals surface area contributed by atoms with E-state index in [0.29, 0.717) is 18.3 Å². The summed E-state index contributed by atoms with van der Waals surface area (Å²) in [7, 11) is 0. The van der Waals surface area contributed by atoms with Crippen molar-refractivity contribution in [3.05, 3.63) is 24.0 Å². The lowest BCUT2D eigenvalue weighted by atomic mass is 10.2. The maximum Gasteiger partial charge on any atom is 0.149 e. The predicted molar refractivity (Wildman–Crippen MR) is 51.1 cm³/mol. The molecule has 0 spiro atoms. The van der Waals surface area contributed by atoms with Gasteiger partial charge in [-0.15, -0.1) is 0 Å². The standard InChI is InChI=1S/C10H14FNO/c1-7(2)6-13-9-5-3-4-8(11)10(9)12/h3-5,7H,6,12H2,1-2H3. The fourth-order valence-corrected chi connectivity index (χ4v) is 0.900. The molecule has 72 valence electrons. The van der Waals surface area contributed by atoms with Gasteiger partial charge in [0.05, 0.1) is 6.61 Å². The zero-order valence-electron chi connectivity index (χ0n) is 7.88. The summed E-state index contributed by atoms with van der Waals surface area (Å²) in [5.74, 6) is 0.401. The van der Waals surface area contributed by atoms with Gasteiger partial charge in [-0.25, -0.2) is 4.39 Å². The van der Waals surface area contributed by atoms with Crippen molar-refractivity contribution in [3.63, 3.8) is 0 Å². The molecule has 0 radical (unpaired) electrons. The van der Waals surface area contributed by atoms with Gasteiger partial charge in [0.15, 0.2) is 0 Å². The molecule has 0 saturated carbocycles. The summed E-state index contributed by atoms with van der Waals surface area (Å²) in [6.07, 6.45) is 0. The number of hydrogen-bond acceptors (Lipinski definition) is 2. The minimum atomic E-state index is -0.429. The molecule has 1 rings (SSSR count). The molecule has 13 heavy (non-hydrogen) atoms. The fraction of sp³-hybridized carbons (Fsp3) is 0.400. The Morgan fingerprint density at radius 2 is 2.15 bits per heavy atom. The highest BCUT2D eigenvalue weighted by atomic mass is 19.1. The number of halogens is 1. The van der Waals surface area contributed by atoms with Gasteiger partial charge in [-0.1, -0.05) is 19.9 Å². The molecule has 2 nitrogen and oxygen atoms in total. The Balaban J connectivity index is 2.71. The highest BCUT2D eigenvalue weighted by Gasteiger charge is 2.05. The molecular formula is C10H14FNO. The van der Waals surface area contributed by atoms with E-state index in [1.54, 1.807) is 12.1 Å². The summed E-state index contributed by atoms with van der Waals surface area (Å²) >= 11 is 0. The zero-order chi connectivity index (χ0) is 9.84. The first-order valence-electron chi connectivity index (χ1n) is 4.28. The van der Waals surface area contributed by atoms with Gasteiger partial charge in [-0.2, -0.15) is 0 Å². The van der Waals surface area contributed by atoms with Crippen molar-refractivity contribution >= 4 is 5.69 Å². The van der Waals surface area contributed by atoms with Gasteiger partial charge in [0.25, 0.3) is 0 Å². The second kappa shape index (κ2) is 4.12. The van der Waals surface area contributed by atoms with Gasteiger partial charge in [0.1, 0.15) is 17.3 Å². The van der Waals surface area contributed by atoms with Crippen LogP contribution in [0.15, 0.2) is 18.2 Å². The van der Waals surface area contributed by atoms with Crippen LogP contribution in [0, 0.1) is 11.7 Å². The molecule has 0 atom stereocenters. The molecule has 0 aliphatic heterocycles. The lowest BCUT2D eigenvalue weighted by Crippen LogP contribution is -2.06. The summed E-state index contributed by atoms with van der Waals surface area (Å²) in [6.45, 7) is 4.60. The number of para-hydroxylation sites is 1. The smallest absolute Gasteiger partial charge is 0.149 e. The zero-order valence-corrected chi connectivity index (χ0v) is 7.88. The Bertz CT molecular complexity index is 286. The predicted octanol–water partition coefficient (Wildman–Crippen LogP) is 2.44. The third kappa shape index (κ3) is 2.61. The van der Waals surface area contributed by atoms with Crippen molar-refractivity contribution in [1.29, 1.82) is 0 Å². The lowest BCUT2D eigenvalue weighted by molar-refractivity contribution is 0.271. The monoisotopic (exact) mass is 183 g/mol. The van der Waals surface area contributed by atoms with Crippen LogP contribution >= 0.6 is 0 Å². The molecular weight excluding hydrogens is 169 g/mol. The molecule has 0 aliphatic rings. The Hall–Kier alpha value is -1.25. The van der Waals surface area contributed by atoms with Crippen LogP contribution in [-0.4, -0.2) is 6.61 Å². The molecule has 0 saturated heterocycles. The molecule has 0 aromatic heterocycles. The Morgan fingerprint density at radius 3 is 2.77 bits per heavy atom. The first kappa shape index (κ1) is 9.84. The van der Waals surface area contributed by atoms with E-state index >= 15 is 0 Å².